The molecular formula is C26H34N2O3S. The summed E-state index contributed by atoms with van der Waals surface area (Å²) < 4.78 is 5.75. The molecule has 0 saturated carbocycles. The molecule has 0 atom stereocenters. The number of nitrogens with zero attached hydrogens (tertiary/aromatic N) is 1. The first kappa shape index (κ1) is 24.3. The normalized spacial score (nSPS) is 11.6. The van der Waals surface area contributed by atoms with Crippen molar-refractivity contribution in [3.8, 4) is 0 Å². The predicted octanol–water partition coefficient (Wildman–Crippen LogP) is 6.86. The van der Waals surface area contributed by atoms with E-state index in [4.69, 9.17) is 4.42 Å². The predicted molar refractivity (Wildman–Crippen MR) is 132 cm³/mol. The van der Waals surface area contributed by atoms with Crippen LogP contribution in [0.3, 0.4) is 0 Å². The first-order valence-electron chi connectivity index (χ1n) is 11.4. The number of amides is 1. The Labute approximate surface area is 195 Å². The topological polar surface area (TPSA) is 75.4 Å². The largest absolute Gasteiger partial charge is 0.431 e. The number of nitrogens with one attached hydrogen (secondary N) is 1. The summed E-state index contributed by atoms with van der Waals surface area (Å²) in [5.41, 5.74) is 5.74. The highest BCUT2D eigenvalue weighted by Gasteiger charge is 2.15. The molecule has 172 valence electrons. The molecule has 32 heavy (non-hydrogen) atoms. The maximum atomic E-state index is 12.6. The Hall–Kier alpha value is -2.31. The second-order valence-corrected chi connectivity index (χ2v) is 9.81. The smallest absolute Gasteiger partial charge is 0.256 e. The lowest BCUT2D eigenvalue weighted by molar-refractivity contribution is -0.116. The number of rotatable bonds is 11. The van der Waals surface area contributed by atoms with Crippen LogP contribution in [0.5, 0.6) is 0 Å². The maximum absolute atomic E-state index is 12.6. The second kappa shape index (κ2) is 11.5. The lowest BCUT2D eigenvalue weighted by atomic mass is 9.92. The zero-order chi connectivity index (χ0) is 23.1. The molecule has 1 amide bonds. The third kappa shape index (κ3) is 6.36. The zero-order valence-electron chi connectivity index (χ0n) is 19.5. The molecule has 0 aliphatic rings. The van der Waals surface area contributed by atoms with Crippen LogP contribution in [0.25, 0.3) is 11.1 Å². The summed E-state index contributed by atoms with van der Waals surface area (Å²) >= 11 is 1.59. The van der Waals surface area contributed by atoms with E-state index in [1.54, 1.807) is 11.8 Å². The van der Waals surface area contributed by atoms with E-state index in [9.17, 15) is 9.90 Å². The van der Waals surface area contributed by atoms with Crippen LogP contribution in [0.15, 0.2) is 46.0 Å². The van der Waals surface area contributed by atoms with Crippen LogP contribution >= 0.6 is 11.8 Å². The average Bonchev–Trinajstić information content (AvgIpc) is 3.17. The highest BCUT2D eigenvalue weighted by molar-refractivity contribution is 7.99. The van der Waals surface area contributed by atoms with Crippen molar-refractivity contribution in [2.75, 3.05) is 11.1 Å². The molecule has 0 aliphatic heterocycles. The highest BCUT2D eigenvalue weighted by atomic mass is 32.2. The van der Waals surface area contributed by atoms with Gasteiger partial charge in [0, 0.05) is 17.9 Å². The van der Waals surface area contributed by atoms with Crippen LogP contribution < -0.4 is 5.32 Å². The molecule has 1 aromatic heterocycles. The van der Waals surface area contributed by atoms with E-state index in [1.807, 2.05) is 18.2 Å². The number of aromatic nitrogens is 1. The molecule has 0 bridgehead atoms. The molecule has 0 radical (unpaired) electrons. The molecule has 0 aliphatic carbocycles. The summed E-state index contributed by atoms with van der Waals surface area (Å²) in [5, 5.41) is 13.1. The number of anilines is 1. The van der Waals surface area contributed by atoms with Crippen LogP contribution in [0.1, 0.15) is 81.9 Å². The van der Waals surface area contributed by atoms with Crippen LogP contribution in [0.4, 0.5) is 5.69 Å². The molecule has 2 aromatic carbocycles. The molecule has 6 heteroatoms. The number of carbonyl (C=O) groups excluding carboxylic acids is 1. The van der Waals surface area contributed by atoms with E-state index < -0.39 is 0 Å². The van der Waals surface area contributed by atoms with Gasteiger partial charge in [0.1, 0.15) is 5.52 Å². The fourth-order valence-corrected chi connectivity index (χ4v) is 4.57. The SMILES string of the molecule is CC(C)c1cccc(C(C)C)c1NC(=O)CCCCCSc1nc2cc(CO)ccc2o1. The van der Waals surface area contributed by atoms with Crippen molar-refractivity contribution in [3.63, 3.8) is 0 Å². The van der Waals surface area contributed by atoms with E-state index in [-0.39, 0.29) is 12.5 Å². The number of carbonyl (C=O) groups is 1. The Balaban J connectivity index is 1.43. The molecule has 0 saturated heterocycles. The number of hydrogen-bond donors (Lipinski definition) is 2. The summed E-state index contributed by atoms with van der Waals surface area (Å²) in [5.74, 6) is 1.71. The number of benzene rings is 2. The Bertz CT molecular complexity index is 1020. The minimum atomic E-state index is 0.000686. The summed E-state index contributed by atoms with van der Waals surface area (Å²) in [4.78, 5) is 17.1. The van der Waals surface area contributed by atoms with Gasteiger partial charge in [0.2, 0.25) is 5.91 Å². The van der Waals surface area contributed by atoms with E-state index in [0.717, 1.165) is 47.4 Å². The Morgan fingerprint density at radius 1 is 1.06 bits per heavy atom. The summed E-state index contributed by atoms with van der Waals surface area (Å²) in [6, 6.07) is 11.8. The number of thioether (sulfide) groups is 1. The van der Waals surface area contributed by atoms with E-state index in [1.165, 1.54) is 11.1 Å². The van der Waals surface area contributed by atoms with E-state index in [2.05, 4.69) is 56.2 Å². The van der Waals surface area contributed by atoms with Gasteiger partial charge in [0.25, 0.3) is 5.22 Å². The van der Waals surface area contributed by atoms with Crippen molar-refractivity contribution in [3.05, 3.63) is 53.1 Å². The van der Waals surface area contributed by atoms with Crippen molar-refractivity contribution in [2.24, 2.45) is 0 Å². The van der Waals surface area contributed by atoms with Crippen LogP contribution in [-0.4, -0.2) is 21.8 Å². The number of para-hydroxylation sites is 1. The van der Waals surface area contributed by atoms with Gasteiger partial charge in [-0.2, -0.15) is 0 Å². The molecule has 3 aromatic rings. The minimum Gasteiger partial charge on any atom is -0.431 e. The summed E-state index contributed by atoms with van der Waals surface area (Å²) in [6.07, 6.45) is 3.37. The van der Waals surface area contributed by atoms with Crippen molar-refractivity contribution >= 4 is 34.5 Å². The third-order valence-corrected chi connectivity index (χ3v) is 6.44. The fourth-order valence-electron chi connectivity index (χ4n) is 3.73. The minimum absolute atomic E-state index is 0.000686. The van der Waals surface area contributed by atoms with Crippen LogP contribution in [0.2, 0.25) is 0 Å². The van der Waals surface area contributed by atoms with Crippen LogP contribution in [-0.2, 0) is 11.4 Å². The average molecular weight is 455 g/mol. The van der Waals surface area contributed by atoms with Gasteiger partial charge in [-0.15, -0.1) is 0 Å². The molecule has 5 nitrogen and oxygen atoms in total. The molecular weight excluding hydrogens is 420 g/mol. The molecule has 2 N–H and O–H groups in total. The maximum Gasteiger partial charge on any atom is 0.256 e. The standard InChI is InChI=1S/C26H34N2O3S/c1-17(2)20-9-8-10-21(18(3)4)25(20)28-24(30)11-6-5-7-14-32-26-27-22-15-19(16-29)12-13-23(22)31-26/h8-10,12-13,15,17-18,29H,5-7,11,14,16H2,1-4H3,(H,28,30). The van der Waals surface area contributed by atoms with Crippen molar-refractivity contribution in [1.82, 2.24) is 4.98 Å². The lowest BCUT2D eigenvalue weighted by Crippen LogP contribution is -2.15. The van der Waals surface area contributed by atoms with Gasteiger partial charge < -0.3 is 14.8 Å². The molecule has 0 unspecified atom stereocenters. The fraction of sp³-hybridized carbons (Fsp3) is 0.462. The van der Waals surface area contributed by atoms with Crippen LogP contribution in [0, 0.1) is 0 Å². The van der Waals surface area contributed by atoms with Gasteiger partial charge in [0.15, 0.2) is 5.58 Å². The number of fused-ring (bicyclic) bond motifs is 1. The summed E-state index contributed by atoms with van der Waals surface area (Å²) in [7, 11) is 0. The molecule has 0 fully saturated rings. The Morgan fingerprint density at radius 2 is 1.78 bits per heavy atom. The molecule has 1 heterocycles. The van der Waals surface area contributed by atoms with Crippen molar-refractivity contribution < 1.29 is 14.3 Å². The highest BCUT2D eigenvalue weighted by Crippen LogP contribution is 2.32. The number of unbranched alkanes of at least 4 members (excludes halogenated alkanes) is 2. The second-order valence-electron chi connectivity index (χ2n) is 8.77. The van der Waals surface area contributed by atoms with E-state index in [0.29, 0.717) is 23.5 Å². The van der Waals surface area contributed by atoms with Gasteiger partial charge in [-0.3, -0.25) is 4.79 Å². The van der Waals surface area contributed by atoms with Gasteiger partial charge in [-0.05, 0) is 53.5 Å². The van der Waals surface area contributed by atoms with Gasteiger partial charge in [-0.25, -0.2) is 4.98 Å². The number of aliphatic hydroxyl groups is 1. The first-order valence-corrected chi connectivity index (χ1v) is 12.4. The number of oxazole rings is 1. The monoisotopic (exact) mass is 454 g/mol. The third-order valence-electron chi connectivity index (χ3n) is 5.53. The number of hydrogen-bond acceptors (Lipinski definition) is 5. The van der Waals surface area contributed by atoms with Gasteiger partial charge in [0.05, 0.1) is 6.61 Å². The van der Waals surface area contributed by atoms with Gasteiger partial charge >= 0.3 is 0 Å². The Morgan fingerprint density at radius 3 is 2.44 bits per heavy atom. The quantitative estimate of drug-likeness (QED) is 0.244. The first-order chi connectivity index (χ1) is 15.4. The van der Waals surface area contributed by atoms with Gasteiger partial charge in [-0.1, -0.05) is 70.1 Å². The van der Waals surface area contributed by atoms with Crippen molar-refractivity contribution in [2.45, 2.75) is 77.0 Å². The van der Waals surface area contributed by atoms with E-state index >= 15 is 0 Å². The van der Waals surface area contributed by atoms with Crippen molar-refractivity contribution in [1.29, 1.82) is 0 Å². The summed E-state index contributed by atoms with van der Waals surface area (Å²) in [6.45, 7) is 8.65. The number of aliphatic hydroxyl groups excluding tert-OH is 1. The lowest BCUT2D eigenvalue weighted by Gasteiger charge is -2.20. The zero-order valence-corrected chi connectivity index (χ0v) is 20.3. The molecule has 3 rings (SSSR count). The molecule has 0 spiro atoms. The Kier molecular flexibility index (Phi) is 8.76.